The van der Waals surface area contributed by atoms with Crippen molar-refractivity contribution in [2.75, 3.05) is 13.6 Å². The highest BCUT2D eigenvalue weighted by molar-refractivity contribution is 4.75. The highest BCUT2D eigenvalue weighted by Gasteiger charge is 2.20. The van der Waals surface area contributed by atoms with E-state index in [1.165, 1.54) is 25.8 Å². The summed E-state index contributed by atoms with van der Waals surface area (Å²) in [6.45, 7) is 5.95. The summed E-state index contributed by atoms with van der Waals surface area (Å²) < 4.78 is 0. The first-order valence-corrected chi connectivity index (χ1v) is 4.44. The van der Waals surface area contributed by atoms with E-state index in [9.17, 15) is 0 Å². The van der Waals surface area contributed by atoms with E-state index >= 15 is 0 Å². The van der Waals surface area contributed by atoms with Gasteiger partial charge in [-0.25, -0.2) is 0 Å². The molecule has 0 aromatic carbocycles. The number of likely N-dealkylation sites (tertiary alicyclic amines) is 1. The Kier molecular flexibility index (Phi) is 2.72. The van der Waals surface area contributed by atoms with Crippen LogP contribution >= 0.6 is 0 Å². The van der Waals surface area contributed by atoms with Crippen molar-refractivity contribution in [2.45, 2.75) is 39.2 Å². The van der Waals surface area contributed by atoms with E-state index in [1.54, 1.807) is 0 Å². The summed E-state index contributed by atoms with van der Waals surface area (Å²) in [5.74, 6) is 1.01. The predicted octanol–water partition coefficient (Wildman–Crippen LogP) is 2.13. The summed E-state index contributed by atoms with van der Waals surface area (Å²) in [7, 11) is 2.23. The molecule has 1 aliphatic rings. The van der Waals surface area contributed by atoms with E-state index < -0.39 is 0 Å². The summed E-state index contributed by atoms with van der Waals surface area (Å²) in [5, 5.41) is 0. The molecule has 0 amide bonds. The van der Waals surface area contributed by atoms with Crippen LogP contribution in [0.4, 0.5) is 0 Å². The lowest BCUT2D eigenvalue weighted by molar-refractivity contribution is 0.152. The van der Waals surface area contributed by atoms with Gasteiger partial charge in [-0.1, -0.05) is 13.3 Å². The Morgan fingerprint density at radius 3 is 2.70 bits per heavy atom. The van der Waals surface area contributed by atoms with Crippen LogP contribution in [0.25, 0.3) is 0 Å². The highest BCUT2D eigenvalue weighted by Crippen LogP contribution is 2.23. The maximum Gasteiger partial charge on any atom is 0.00665 e. The SMILES string of the molecule is CC[C@@H]1CCN(C)[C@H](C)C1. The molecule has 0 N–H and O–H groups in total. The largest absolute Gasteiger partial charge is 0.304 e. The van der Waals surface area contributed by atoms with Crippen molar-refractivity contribution in [1.82, 2.24) is 4.90 Å². The van der Waals surface area contributed by atoms with Gasteiger partial charge >= 0.3 is 0 Å². The zero-order chi connectivity index (χ0) is 7.56. The van der Waals surface area contributed by atoms with Gasteiger partial charge in [-0.05, 0) is 39.3 Å². The molecule has 1 heterocycles. The minimum Gasteiger partial charge on any atom is -0.304 e. The number of rotatable bonds is 1. The molecule has 1 heteroatoms. The van der Waals surface area contributed by atoms with Crippen LogP contribution in [0, 0.1) is 5.92 Å². The molecule has 10 heavy (non-hydrogen) atoms. The molecule has 0 unspecified atom stereocenters. The smallest absolute Gasteiger partial charge is 0.00665 e. The number of hydrogen-bond acceptors (Lipinski definition) is 1. The zero-order valence-electron chi connectivity index (χ0n) is 7.43. The Morgan fingerprint density at radius 1 is 1.50 bits per heavy atom. The molecular weight excluding hydrogens is 122 g/mol. The van der Waals surface area contributed by atoms with Crippen LogP contribution in [0.3, 0.4) is 0 Å². The normalized spacial score (nSPS) is 36.3. The second-order valence-corrected chi connectivity index (χ2v) is 3.63. The third-order valence-electron chi connectivity index (χ3n) is 2.89. The quantitative estimate of drug-likeness (QED) is 0.540. The van der Waals surface area contributed by atoms with Gasteiger partial charge in [-0.3, -0.25) is 0 Å². The first kappa shape index (κ1) is 8.06. The van der Waals surface area contributed by atoms with E-state index in [4.69, 9.17) is 0 Å². The van der Waals surface area contributed by atoms with Crippen LogP contribution in [-0.2, 0) is 0 Å². The Hall–Kier alpha value is -0.0400. The lowest BCUT2D eigenvalue weighted by Gasteiger charge is -2.34. The molecule has 0 aliphatic carbocycles. The lowest BCUT2D eigenvalue weighted by Crippen LogP contribution is -2.37. The van der Waals surface area contributed by atoms with Crippen LogP contribution in [0.5, 0.6) is 0 Å². The van der Waals surface area contributed by atoms with Crippen molar-refractivity contribution in [3.8, 4) is 0 Å². The fraction of sp³-hybridized carbons (Fsp3) is 1.00. The number of piperidine rings is 1. The Bertz CT molecular complexity index is 101. The molecule has 0 spiro atoms. The van der Waals surface area contributed by atoms with Gasteiger partial charge in [-0.15, -0.1) is 0 Å². The van der Waals surface area contributed by atoms with Crippen LogP contribution in [-0.4, -0.2) is 24.5 Å². The van der Waals surface area contributed by atoms with E-state index in [-0.39, 0.29) is 0 Å². The van der Waals surface area contributed by atoms with Crippen molar-refractivity contribution in [2.24, 2.45) is 5.92 Å². The summed E-state index contributed by atoms with van der Waals surface area (Å²) in [6, 6.07) is 0.818. The molecule has 0 radical (unpaired) electrons. The Labute approximate surface area is 64.4 Å². The summed E-state index contributed by atoms with van der Waals surface area (Å²) in [6.07, 6.45) is 4.20. The van der Waals surface area contributed by atoms with E-state index in [1.807, 2.05) is 0 Å². The van der Waals surface area contributed by atoms with E-state index in [2.05, 4.69) is 25.8 Å². The van der Waals surface area contributed by atoms with Crippen molar-refractivity contribution < 1.29 is 0 Å². The topological polar surface area (TPSA) is 3.24 Å². The number of hydrogen-bond donors (Lipinski definition) is 0. The van der Waals surface area contributed by atoms with Gasteiger partial charge in [0, 0.05) is 6.04 Å². The second kappa shape index (κ2) is 3.38. The monoisotopic (exact) mass is 141 g/mol. The molecule has 60 valence electrons. The molecule has 1 nitrogen and oxygen atoms in total. The molecule has 1 rings (SSSR count). The van der Waals surface area contributed by atoms with Gasteiger partial charge in [0.05, 0.1) is 0 Å². The van der Waals surface area contributed by atoms with Gasteiger partial charge in [0.15, 0.2) is 0 Å². The molecule has 2 atom stereocenters. The van der Waals surface area contributed by atoms with E-state index in [0.717, 1.165) is 12.0 Å². The van der Waals surface area contributed by atoms with E-state index in [0.29, 0.717) is 0 Å². The summed E-state index contributed by atoms with van der Waals surface area (Å²) in [5.41, 5.74) is 0. The van der Waals surface area contributed by atoms with Crippen LogP contribution in [0.1, 0.15) is 33.1 Å². The Morgan fingerprint density at radius 2 is 2.20 bits per heavy atom. The molecular formula is C9H19N. The maximum absolute atomic E-state index is 2.46. The van der Waals surface area contributed by atoms with Crippen molar-refractivity contribution in [3.05, 3.63) is 0 Å². The van der Waals surface area contributed by atoms with Crippen molar-refractivity contribution in [3.63, 3.8) is 0 Å². The van der Waals surface area contributed by atoms with Crippen molar-refractivity contribution in [1.29, 1.82) is 0 Å². The second-order valence-electron chi connectivity index (χ2n) is 3.63. The molecule has 0 bridgehead atoms. The third kappa shape index (κ3) is 1.72. The van der Waals surface area contributed by atoms with Crippen LogP contribution in [0.2, 0.25) is 0 Å². The van der Waals surface area contributed by atoms with Crippen LogP contribution in [0.15, 0.2) is 0 Å². The van der Waals surface area contributed by atoms with Gasteiger partial charge in [0.25, 0.3) is 0 Å². The first-order chi connectivity index (χ1) is 4.74. The number of nitrogens with zero attached hydrogens (tertiary/aromatic N) is 1. The highest BCUT2D eigenvalue weighted by atomic mass is 15.1. The minimum atomic E-state index is 0.818. The van der Waals surface area contributed by atoms with Gasteiger partial charge < -0.3 is 4.90 Å². The predicted molar refractivity (Wildman–Crippen MR) is 45.1 cm³/mol. The standard InChI is InChI=1S/C9H19N/c1-4-9-5-6-10(3)8(2)7-9/h8-9H,4-7H2,1-3H3/t8-,9-/m1/s1. The average molecular weight is 141 g/mol. The first-order valence-electron chi connectivity index (χ1n) is 4.44. The molecule has 0 aromatic heterocycles. The summed E-state index contributed by atoms with van der Waals surface area (Å²) in [4.78, 5) is 2.46. The van der Waals surface area contributed by atoms with Crippen molar-refractivity contribution >= 4 is 0 Å². The maximum atomic E-state index is 2.46. The van der Waals surface area contributed by atoms with Crippen LogP contribution < -0.4 is 0 Å². The third-order valence-corrected chi connectivity index (χ3v) is 2.89. The molecule has 1 fully saturated rings. The Balaban J connectivity index is 2.33. The molecule has 1 saturated heterocycles. The average Bonchev–Trinajstić information content (AvgIpc) is 1.95. The fourth-order valence-corrected chi connectivity index (χ4v) is 1.76. The lowest BCUT2D eigenvalue weighted by atomic mass is 9.90. The minimum absolute atomic E-state index is 0.818. The fourth-order valence-electron chi connectivity index (χ4n) is 1.76. The molecule has 1 aliphatic heterocycles. The van der Waals surface area contributed by atoms with Gasteiger partial charge in [0.2, 0.25) is 0 Å². The molecule has 0 aromatic rings. The van der Waals surface area contributed by atoms with Gasteiger partial charge in [0.1, 0.15) is 0 Å². The summed E-state index contributed by atoms with van der Waals surface area (Å²) >= 11 is 0. The molecule has 0 saturated carbocycles. The van der Waals surface area contributed by atoms with Gasteiger partial charge in [-0.2, -0.15) is 0 Å². The zero-order valence-corrected chi connectivity index (χ0v) is 7.43.